The summed E-state index contributed by atoms with van der Waals surface area (Å²) in [6.07, 6.45) is 0.155. The van der Waals surface area contributed by atoms with E-state index in [1.54, 1.807) is 26.2 Å². The molecule has 146 valence electrons. The number of ether oxygens (including phenoxy) is 2. The highest BCUT2D eigenvalue weighted by molar-refractivity contribution is 5.69. The lowest BCUT2D eigenvalue weighted by Gasteiger charge is -2.25. The summed E-state index contributed by atoms with van der Waals surface area (Å²) >= 11 is 0. The van der Waals surface area contributed by atoms with E-state index < -0.39 is 17.7 Å². The van der Waals surface area contributed by atoms with Crippen LogP contribution in [0.2, 0.25) is 0 Å². The first-order chi connectivity index (χ1) is 12.8. The summed E-state index contributed by atoms with van der Waals surface area (Å²) in [7, 11) is 7.09. The standard InChI is InChI=1S/C20H24F2N2O3/c1-23(2)18(11-12-26-19-10-7-15(21)13-17(19)22)14-5-8-16(9-6-14)27-20(25)24(3)4/h5-10,13,18H,11-12H2,1-4H3. The average molecular weight is 378 g/mol. The van der Waals surface area contributed by atoms with Crippen molar-refractivity contribution in [2.24, 2.45) is 0 Å². The molecule has 1 atom stereocenters. The molecule has 0 spiro atoms. The van der Waals surface area contributed by atoms with Crippen LogP contribution in [0.1, 0.15) is 18.0 Å². The number of carbonyl (C=O) groups excluding carboxylic acids is 1. The van der Waals surface area contributed by atoms with E-state index in [9.17, 15) is 13.6 Å². The molecule has 2 aromatic rings. The molecule has 2 rings (SSSR count). The van der Waals surface area contributed by atoms with Crippen molar-refractivity contribution in [3.63, 3.8) is 0 Å². The van der Waals surface area contributed by atoms with Crippen LogP contribution in [0.4, 0.5) is 13.6 Å². The highest BCUT2D eigenvalue weighted by Gasteiger charge is 2.16. The van der Waals surface area contributed by atoms with Crippen molar-refractivity contribution in [3.8, 4) is 11.5 Å². The van der Waals surface area contributed by atoms with Gasteiger partial charge in [-0.1, -0.05) is 12.1 Å². The molecule has 27 heavy (non-hydrogen) atoms. The predicted octanol–water partition coefficient (Wildman–Crippen LogP) is 4.10. The Morgan fingerprint density at radius 3 is 2.26 bits per heavy atom. The Balaban J connectivity index is 1.99. The predicted molar refractivity (Wildman–Crippen MR) is 99.1 cm³/mol. The molecular formula is C20H24F2N2O3. The second kappa shape index (κ2) is 9.32. The van der Waals surface area contributed by atoms with Crippen LogP contribution < -0.4 is 9.47 Å². The Kier molecular flexibility index (Phi) is 7.12. The molecule has 1 amide bonds. The summed E-state index contributed by atoms with van der Waals surface area (Å²) < 4.78 is 37.2. The highest BCUT2D eigenvalue weighted by Crippen LogP contribution is 2.25. The molecule has 0 saturated heterocycles. The van der Waals surface area contributed by atoms with Crippen LogP contribution in [-0.4, -0.2) is 50.7 Å². The van der Waals surface area contributed by atoms with Crippen molar-refractivity contribution in [1.29, 1.82) is 0 Å². The van der Waals surface area contributed by atoms with Crippen LogP contribution >= 0.6 is 0 Å². The van der Waals surface area contributed by atoms with Gasteiger partial charge in [0.15, 0.2) is 11.6 Å². The first kappa shape index (κ1) is 20.6. The summed E-state index contributed by atoms with van der Waals surface area (Å²) in [4.78, 5) is 15.0. The second-order valence-electron chi connectivity index (χ2n) is 6.52. The molecule has 0 radical (unpaired) electrons. The van der Waals surface area contributed by atoms with Gasteiger partial charge in [-0.25, -0.2) is 13.6 Å². The Morgan fingerprint density at radius 2 is 1.70 bits per heavy atom. The molecule has 1 unspecified atom stereocenters. The van der Waals surface area contributed by atoms with E-state index in [-0.39, 0.29) is 18.4 Å². The molecule has 7 heteroatoms. The zero-order chi connectivity index (χ0) is 20.0. The van der Waals surface area contributed by atoms with Gasteiger partial charge in [0, 0.05) is 32.6 Å². The van der Waals surface area contributed by atoms with Gasteiger partial charge in [-0.15, -0.1) is 0 Å². The fraction of sp³-hybridized carbons (Fsp3) is 0.350. The molecule has 0 aliphatic heterocycles. The summed E-state index contributed by atoms with van der Waals surface area (Å²) in [5.74, 6) is -0.871. The third-order valence-corrected chi connectivity index (χ3v) is 4.00. The van der Waals surface area contributed by atoms with Crippen molar-refractivity contribution in [2.75, 3.05) is 34.8 Å². The number of halogens is 2. The maximum Gasteiger partial charge on any atom is 0.414 e. The third-order valence-electron chi connectivity index (χ3n) is 4.00. The van der Waals surface area contributed by atoms with E-state index in [1.807, 2.05) is 31.1 Å². The van der Waals surface area contributed by atoms with Crippen molar-refractivity contribution in [1.82, 2.24) is 9.80 Å². The van der Waals surface area contributed by atoms with Gasteiger partial charge in [0.1, 0.15) is 11.6 Å². The third kappa shape index (κ3) is 5.92. The zero-order valence-electron chi connectivity index (χ0n) is 15.9. The average Bonchev–Trinajstić information content (AvgIpc) is 2.61. The van der Waals surface area contributed by atoms with Gasteiger partial charge in [0.25, 0.3) is 0 Å². The minimum Gasteiger partial charge on any atom is -0.490 e. The molecule has 0 bridgehead atoms. The maximum atomic E-state index is 13.6. The smallest absolute Gasteiger partial charge is 0.414 e. The number of nitrogens with zero attached hydrogens (tertiary/aromatic N) is 2. The van der Waals surface area contributed by atoms with Crippen molar-refractivity contribution >= 4 is 6.09 Å². The van der Waals surface area contributed by atoms with Crippen LogP contribution in [0.5, 0.6) is 11.5 Å². The Hall–Kier alpha value is -2.67. The van der Waals surface area contributed by atoms with Crippen LogP contribution in [-0.2, 0) is 0 Å². The monoisotopic (exact) mass is 378 g/mol. The molecule has 2 aromatic carbocycles. The van der Waals surface area contributed by atoms with E-state index >= 15 is 0 Å². The number of amides is 1. The second-order valence-corrected chi connectivity index (χ2v) is 6.52. The van der Waals surface area contributed by atoms with E-state index in [0.29, 0.717) is 12.2 Å². The van der Waals surface area contributed by atoms with Gasteiger partial charge in [0.05, 0.1) is 6.61 Å². The van der Waals surface area contributed by atoms with E-state index in [0.717, 1.165) is 17.7 Å². The number of rotatable bonds is 7. The van der Waals surface area contributed by atoms with Gasteiger partial charge in [0.2, 0.25) is 0 Å². The first-order valence-corrected chi connectivity index (χ1v) is 8.51. The molecular weight excluding hydrogens is 354 g/mol. The van der Waals surface area contributed by atoms with Gasteiger partial charge in [-0.05, 0) is 43.9 Å². The van der Waals surface area contributed by atoms with Crippen molar-refractivity contribution < 1.29 is 23.0 Å². The van der Waals surface area contributed by atoms with Crippen LogP contribution in [0, 0.1) is 11.6 Å². The summed E-state index contributed by atoms with van der Waals surface area (Å²) in [6, 6.07) is 10.5. The minimum absolute atomic E-state index is 0.0205. The Labute approximate surface area is 158 Å². The molecule has 0 fully saturated rings. The summed E-state index contributed by atoms with van der Waals surface area (Å²) in [5.41, 5.74) is 1.01. The number of benzene rings is 2. The van der Waals surface area contributed by atoms with Crippen LogP contribution in [0.3, 0.4) is 0 Å². The highest BCUT2D eigenvalue weighted by atomic mass is 19.1. The fourth-order valence-electron chi connectivity index (χ4n) is 2.55. The molecule has 0 heterocycles. The lowest BCUT2D eigenvalue weighted by Crippen LogP contribution is -2.25. The SMILES string of the molecule is CN(C)C(=O)Oc1ccc(C(CCOc2ccc(F)cc2F)N(C)C)cc1. The van der Waals surface area contributed by atoms with E-state index in [1.165, 1.54) is 11.0 Å². The van der Waals surface area contributed by atoms with Gasteiger partial charge >= 0.3 is 6.09 Å². The normalized spacial score (nSPS) is 12.0. The molecule has 0 N–H and O–H groups in total. The Bertz CT molecular complexity index is 764. The summed E-state index contributed by atoms with van der Waals surface area (Å²) in [6.45, 7) is 0.267. The zero-order valence-corrected chi connectivity index (χ0v) is 15.9. The van der Waals surface area contributed by atoms with Gasteiger partial charge < -0.3 is 19.3 Å². The topological polar surface area (TPSA) is 42.0 Å². The largest absolute Gasteiger partial charge is 0.490 e. The lowest BCUT2D eigenvalue weighted by molar-refractivity contribution is 0.172. The number of hydrogen-bond donors (Lipinski definition) is 0. The fourth-order valence-corrected chi connectivity index (χ4v) is 2.55. The summed E-state index contributed by atoms with van der Waals surface area (Å²) in [5, 5.41) is 0. The molecule has 0 aromatic heterocycles. The number of hydrogen-bond acceptors (Lipinski definition) is 4. The number of carbonyl (C=O) groups is 1. The van der Waals surface area contributed by atoms with E-state index in [2.05, 4.69) is 0 Å². The van der Waals surface area contributed by atoms with Gasteiger partial charge in [-0.3, -0.25) is 0 Å². The minimum atomic E-state index is -0.719. The van der Waals surface area contributed by atoms with E-state index in [4.69, 9.17) is 9.47 Å². The Morgan fingerprint density at radius 1 is 1.04 bits per heavy atom. The quantitative estimate of drug-likeness (QED) is 0.728. The first-order valence-electron chi connectivity index (χ1n) is 8.51. The molecule has 5 nitrogen and oxygen atoms in total. The van der Waals surface area contributed by atoms with Crippen LogP contribution in [0.25, 0.3) is 0 Å². The maximum absolute atomic E-state index is 13.6. The van der Waals surface area contributed by atoms with Crippen molar-refractivity contribution in [3.05, 3.63) is 59.7 Å². The van der Waals surface area contributed by atoms with Crippen LogP contribution in [0.15, 0.2) is 42.5 Å². The molecule has 0 saturated carbocycles. The molecule has 0 aliphatic carbocycles. The van der Waals surface area contributed by atoms with Crippen molar-refractivity contribution in [2.45, 2.75) is 12.5 Å². The molecule has 0 aliphatic rings. The van der Waals surface area contributed by atoms with Gasteiger partial charge in [-0.2, -0.15) is 0 Å². The lowest BCUT2D eigenvalue weighted by atomic mass is 10.0.